The molecule has 0 heterocycles. The van der Waals surface area contributed by atoms with Crippen molar-refractivity contribution in [1.29, 1.82) is 0 Å². The lowest BCUT2D eigenvalue weighted by atomic mass is 10.2. The molecule has 0 aliphatic rings. The van der Waals surface area contributed by atoms with Crippen LogP contribution in [0.4, 0.5) is 18.9 Å². The highest BCUT2D eigenvalue weighted by Crippen LogP contribution is 2.36. The molecule has 0 aliphatic carbocycles. The first kappa shape index (κ1) is 18.1. The van der Waals surface area contributed by atoms with Crippen molar-refractivity contribution in [2.45, 2.75) is 6.18 Å². The maximum absolute atomic E-state index is 12.6. The number of rotatable bonds is 4. The summed E-state index contributed by atoms with van der Waals surface area (Å²) in [5.41, 5.74) is -1.62. The summed E-state index contributed by atoms with van der Waals surface area (Å²) in [6, 6.07) is 5.25. The van der Waals surface area contributed by atoms with E-state index in [0.29, 0.717) is 6.07 Å². The predicted molar refractivity (Wildman–Crippen MR) is 76.9 cm³/mol. The molecule has 2 rings (SSSR count). The number of alkyl halides is 3. The summed E-state index contributed by atoms with van der Waals surface area (Å²) >= 11 is 5.72. The van der Waals surface area contributed by atoms with Crippen molar-refractivity contribution in [1.82, 2.24) is 0 Å². The maximum atomic E-state index is 12.6. The Morgan fingerprint density at radius 3 is 2.33 bits per heavy atom. The van der Waals surface area contributed by atoms with Crippen molar-refractivity contribution < 1.29 is 32.3 Å². The number of hydrogen-bond donors (Lipinski definition) is 0. The van der Waals surface area contributed by atoms with Crippen LogP contribution in [0.25, 0.3) is 0 Å². The van der Waals surface area contributed by atoms with Crippen LogP contribution in [0.1, 0.15) is 5.56 Å². The van der Waals surface area contributed by atoms with Gasteiger partial charge in [-0.25, -0.2) is 0 Å². The van der Waals surface area contributed by atoms with Gasteiger partial charge in [-0.3, -0.25) is 10.1 Å². The molecule has 0 fully saturated rings. The number of nitro benzene ring substituents is 1. The molecule has 0 radical (unpaired) electrons. The zero-order valence-electron chi connectivity index (χ0n) is 11.4. The molecule has 1 unspecified atom stereocenters. The van der Waals surface area contributed by atoms with Crippen LogP contribution in [0.15, 0.2) is 36.4 Å². The van der Waals surface area contributed by atoms with Crippen molar-refractivity contribution in [3.05, 3.63) is 57.1 Å². The molecule has 0 aliphatic heterocycles. The molecular formula is C13H6ClF3NO5P. The molecule has 6 nitrogen and oxygen atoms in total. The summed E-state index contributed by atoms with van der Waals surface area (Å²) < 4.78 is 54.0. The number of halogens is 4. The summed E-state index contributed by atoms with van der Waals surface area (Å²) in [7, 11) is -3.27. The molecule has 2 aromatic carbocycles. The molecule has 1 atom stereocenters. The van der Waals surface area contributed by atoms with E-state index < -0.39 is 35.7 Å². The number of benzene rings is 2. The molecule has 0 saturated heterocycles. The van der Waals surface area contributed by atoms with Gasteiger partial charge in [0, 0.05) is 12.1 Å². The normalized spacial score (nSPS) is 12.0. The van der Waals surface area contributed by atoms with Crippen molar-refractivity contribution in [3.63, 3.8) is 0 Å². The zero-order valence-corrected chi connectivity index (χ0v) is 13.1. The number of nitrogens with zero attached hydrogens (tertiary/aromatic N) is 1. The van der Waals surface area contributed by atoms with Crippen LogP contribution in [0.2, 0.25) is 5.02 Å². The lowest BCUT2D eigenvalue weighted by Gasteiger charge is -2.11. The molecule has 2 aromatic rings. The van der Waals surface area contributed by atoms with Gasteiger partial charge in [0.05, 0.1) is 15.5 Å². The third-order valence-corrected chi connectivity index (χ3v) is 3.87. The van der Waals surface area contributed by atoms with Gasteiger partial charge >= 0.3 is 19.9 Å². The van der Waals surface area contributed by atoms with Gasteiger partial charge < -0.3 is 9.63 Å². The van der Waals surface area contributed by atoms with Crippen molar-refractivity contribution >= 4 is 30.6 Å². The van der Waals surface area contributed by atoms with E-state index in [2.05, 4.69) is 0 Å². The minimum Gasteiger partial charge on any atom is -0.591 e. The Balaban J connectivity index is 2.37. The predicted octanol–water partition coefficient (Wildman–Crippen LogP) is 3.79. The molecule has 0 N–H and O–H groups in total. The first-order valence-corrected chi connectivity index (χ1v) is 7.62. The molecular weight excluding hydrogens is 374 g/mol. The Morgan fingerprint density at radius 2 is 1.83 bits per heavy atom. The van der Waals surface area contributed by atoms with E-state index >= 15 is 0 Å². The molecule has 0 amide bonds. The third kappa shape index (κ3) is 4.00. The van der Waals surface area contributed by atoms with Gasteiger partial charge in [-0.2, -0.15) is 13.2 Å². The lowest BCUT2D eigenvalue weighted by Crippen LogP contribution is -2.10. The Bertz CT molecular complexity index is 828. The molecule has 126 valence electrons. The van der Waals surface area contributed by atoms with Gasteiger partial charge in [-0.05, 0) is 24.3 Å². The number of ether oxygens (including phenoxy) is 1. The summed E-state index contributed by atoms with van der Waals surface area (Å²) in [6.45, 7) is 0. The van der Waals surface area contributed by atoms with E-state index in [-0.39, 0.29) is 16.5 Å². The first-order chi connectivity index (χ1) is 11.1. The highest BCUT2D eigenvalue weighted by molar-refractivity contribution is 7.46. The summed E-state index contributed by atoms with van der Waals surface area (Å²) in [5.74, 6) is -0.290. The molecule has 0 spiro atoms. The fourth-order valence-corrected chi connectivity index (χ4v) is 2.55. The van der Waals surface area contributed by atoms with Gasteiger partial charge in [0.2, 0.25) is 0 Å². The van der Waals surface area contributed by atoms with Gasteiger partial charge in [0.1, 0.15) is 11.5 Å². The van der Waals surface area contributed by atoms with E-state index in [1.54, 1.807) is 0 Å². The lowest BCUT2D eigenvalue weighted by molar-refractivity contribution is -0.383. The van der Waals surface area contributed by atoms with E-state index in [4.69, 9.17) is 16.3 Å². The van der Waals surface area contributed by atoms with E-state index in [1.165, 1.54) is 0 Å². The second kappa shape index (κ2) is 6.72. The largest absolute Gasteiger partial charge is 0.591 e. The Hall–Kier alpha value is -2.22. The average molecular weight is 380 g/mol. The van der Waals surface area contributed by atoms with E-state index in [9.17, 15) is 32.7 Å². The molecule has 0 saturated carbocycles. The highest BCUT2D eigenvalue weighted by Gasteiger charge is 2.31. The van der Waals surface area contributed by atoms with Crippen molar-refractivity contribution in [2.75, 3.05) is 0 Å². The van der Waals surface area contributed by atoms with Crippen LogP contribution < -0.4 is 14.9 Å². The fraction of sp³-hybridized carbons (Fsp3) is 0.0769. The SMILES string of the molecule is O=[N+]([O-])c1ccc(Oc2ccc(C(F)(F)F)cc2Cl)cc1[P+](=O)[O-]. The smallest absolute Gasteiger partial charge is 0.416 e. The second-order valence-electron chi connectivity index (χ2n) is 4.41. The average Bonchev–Trinajstić information content (AvgIpc) is 2.47. The van der Waals surface area contributed by atoms with Gasteiger partial charge in [-0.15, -0.1) is 0 Å². The number of hydrogen-bond acceptors (Lipinski definition) is 5. The van der Waals surface area contributed by atoms with Crippen LogP contribution in [-0.2, 0) is 10.7 Å². The molecule has 24 heavy (non-hydrogen) atoms. The van der Waals surface area contributed by atoms with Crippen LogP contribution in [-0.4, -0.2) is 4.92 Å². The molecule has 0 aromatic heterocycles. The topological polar surface area (TPSA) is 92.5 Å². The van der Waals surface area contributed by atoms with Crippen LogP contribution in [0.3, 0.4) is 0 Å². The van der Waals surface area contributed by atoms with Crippen LogP contribution in [0.5, 0.6) is 11.5 Å². The van der Waals surface area contributed by atoms with Crippen molar-refractivity contribution in [2.24, 2.45) is 0 Å². The minimum absolute atomic E-state index is 0.128. The van der Waals surface area contributed by atoms with Gasteiger partial charge in [-0.1, -0.05) is 16.2 Å². The summed E-state index contributed by atoms with van der Waals surface area (Å²) in [5, 5.41) is 9.81. The Kier molecular flexibility index (Phi) is 5.08. The molecule has 11 heteroatoms. The Labute approximate surface area is 138 Å². The summed E-state index contributed by atoms with van der Waals surface area (Å²) in [4.78, 5) is 21.0. The third-order valence-electron chi connectivity index (χ3n) is 2.83. The van der Waals surface area contributed by atoms with Crippen molar-refractivity contribution in [3.8, 4) is 11.5 Å². The molecule has 0 bridgehead atoms. The number of nitro groups is 1. The van der Waals surface area contributed by atoms with Gasteiger partial charge in [0.15, 0.2) is 0 Å². The fourth-order valence-electron chi connectivity index (χ4n) is 1.75. The first-order valence-electron chi connectivity index (χ1n) is 6.07. The van der Waals surface area contributed by atoms with Crippen LogP contribution >= 0.6 is 19.6 Å². The standard InChI is InChI=1S/C13H6ClF3NO5P/c14-9-5-7(13(15,16)17)1-4-11(9)23-8-2-3-10(18(19)20)12(6-8)24(21)22/h1-6H. The zero-order chi connectivity index (χ0) is 18.1. The second-order valence-corrected chi connectivity index (χ2v) is 5.81. The summed E-state index contributed by atoms with van der Waals surface area (Å²) in [6.07, 6.45) is -4.58. The van der Waals surface area contributed by atoms with E-state index in [1.807, 2.05) is 0 Å². The van der Waals surface area contributed by atoms with Gasteiger partial charge in [0.25, 0.3) is 5.30 Å². The van der Waals surface area contributed by atoms with Crippen LogP contribution in [0, 0.1) is 10.1 Å². The minimum atomic E-state index is -4.58. The highest BCUT2D eigenvalue weighted by atomic mass is 35.5. The maximum Gasteiger partial charge on any atom is 0.416 e. The van der Waals surface area contributed by atoms with E-state index in [0.717, 1.165) is 30.3 Å². The monoisotopic (exact) mass is 379 g/mol. The Morgan fingerprint density at radius 1 is 1.17 bits per heavy atom. The quantitative estimate of drug-likeness (QED) is 0.458.